The predicted molar refractivity (Wildman–Crippen MR) is 110 cm³/mol. The fourth-order valence-electron chi connectivity index (χ4n) is 3.82. The first-order chi connectivity index (χ1) is 14.1. The van der Waals surface area contributed by atoms with Crippen molar-refractivity contribution in [2.75, 3.05) is 11.9 Å². The first-order valence-electron chi connectivity index (χ1n) is 9.68. The van der Waals surface area contributed by atoms with Gasteiger partial charge in [-0.25, -0.2) is 14.6 Å². The summed E-state index contributed by atoms with van der Waals surface area (Å²) >= 11 is 12.1. The summed E-state index contributed by atoms with van der Waals surface area (Å²) in [5.74, 6) is 0.435. The molecule has 5 rings (SSSR count). The standard InChI is InChI=1S/C20H19Cl2N5O2/c21-16-7-11-8-17(23-10-14(11)19(22)24-16)25-20(28)13-9-12(13)15-4-5-27(26-15)18-3-1-2-6-29-18/h4-5,7-8,10,12-13,18H,1-3,6,9H2,(H,23,25,28). The molecule has 3 unspecified atom stereocenters. The predicted octanol–water partition coefficient (Wildman–Crippen LogP) is 4.57. The fourth-order valence-corrected chi connectivity index (χ4v) is 4.31. The van der Waals surface area contributed by atoms with E-state index in [-0.39, 0.29) is 29.1 Å². The van der Waals surface area contributed by atoms with Crippen molar-refractivity contribution in [3.63, 3.8) is 0 Å². The van der Waals surface area contributed by atoms with Crippen LogP contribution in [0.15, 0.2) is 30.6 Å². The molecule has 1 saturated heterocycles. The van der Waals surface area contributed by atoms with Crippen molar-refractivity contribution in [2.45, 2.75) is 37.8 Å². The lowest BCUT2D eigenvalue weighted by Crippen LogP contribution is -2.18. The van der Waals surface area contributed by atoms with Crippen LogP contribution in [0.1, 0.15) is 43.5 Å². The van der Waals surface area contributed by atoms with Crippen LogP contribution in [0.5, 0.6) is 0 Å². The highest BCUT2D eigenvalue weighted by molar-refractivity contribution is 6.36. The minimum Gasteiger partial charge on any atom is -0.357 e. The Balaban J connectivity index is 1.26. The van der Waals surface area contributed by atoms with E-state index in [4.69, 9.17) is 27.9 Å². The minimum atomic E-state index is -0.104. The number of nitrogens with one attached hydrogen (secondary N) is 1. The molecule has 150 valence electrons. The highest BCUT2D eigenvalue weighted by Crippen LogP contribution is 2.47. The number of carbonyl (C=O) groups excluding carboxylic acids is 1. The van der Waals surface area contributed by atoms with Crippen LogP contribution in [0.25, 0.3) is 10.8 Å². The summed E-state index contributed by atoms with van der Waals surface area (Å²) in [5, 5.41) is 9.60. The number of hydrogen-bond donors (Lipinski definition) is 1. The molecule has 2 aliphatic rings. The molecule has 1 amide bonds. The van der Waals surface area contributed by atoms with Crippen molar-refractivity contribution in [3.8, 4) is 0 Å². The number of carbonyl (C=O) groups is 1. The number of halogens is 2. The molecule has 29 heavy (non-hydrogen) atoms. The summed E-state index contributed by atoms with van der Waals surface area (Å²) in [7, 11) is 0. The molecular weight excluding hydrogens is 413 g/mol. The average molecular weight is 432 g/mol. The molecule has 1 aliphatic carbocycles. The Morgan fingerprint density at radius 1 is 1.28 bits per heavy atom. The van der Waals surface area contributed by atoms with Crippen molar-refractivity contribution >= 4 is 45.7 Å². The minimum absolute atomic E-state index is 0.0125. The van der Waals surface area contributed by atoms with Crippen LogP contribution in [-0.2, 0) is 9.53 Å². The van der Waals surface area contributed by atoms with Gasteiger partial charge in [-0.1, -0.05) is 23.2 Å². The zero-order chi connectivity index (χ0) is 20.0. The zero-order valence-corrected chi connectivity index (χ0v) is 17.0. The topological polar surface area (TPSA) is 81.9 Å². The number of amides is 1. The van der Waals surface area contributed by atoms with Gasteiger partial charge in [0.15, 0.2) is 0 Å². The second-order valence-electron chi connectivity index (χ2n) is 7.51. The van der Waals surface area contributed by atoms with Crippen LogP contribution in [0.2, 0.25) is 10.3 Å². The van der Waals surface area contributed by atoms with Gasteiger partial charge in [-0.2, -0.15) is 5.10 Å². The molecule has 7 nitrogen and oxygen atoms in total. The van der Waals surface area contributed by atoms with E-state index in [9.17, 15) is 4.79 Å². The average Bonchev–Trinajstić information content (AvgIpc) is 3.37. The third-order valence-electron chi connectivity index (χ3n) is 5.48. The number of nitrogens with zero attached hydrogens (tertiary/aromatic N) is 4. The highest BCUT2D eigenvalue weighted by atomic mass is 35.5. The normalized spacial score (nSPS) is 23.9. The van der Waals surface area contributed by atoms with Crippen molar-refractivity contribution in [3.05, 3.63) is 46.6 Å². The number of hydrogen-bond acceptors (Lipinski definition) is 5. The maximum atomic E-state index is 12.7. The van der Waals surface area contributed by atoms with Crippen LogP contribution >= 0.6 is 23.2 Å². The lowest BCUT2D eigenvalue weighted by molar-refractivity contribution is -0.117. The smallest absolute Gasteiger partial charge is 0.229 e. The molecule has 3 aromatic heterocycles. The van der Waals surface area contributed by atoms with Gasteiger partial charge in [0.05, 0.1) is 5.69 Å². The molecule has 0 radical (unpaired) electrons. The molecule has 9 heteroatoms. The monoisotopic (exact) mass is 431 g/mol. The Morgan fingerprint density at radius 3 is 3.00 bits per heavy atom. The zero-order valence-electron chi connectivity index (χ0n) is 15.5. The summed E-state index contributed by atoms with van der Waals surface area (Å²) in [6, 6.07) is 5.43. The van der Waals surface area contributed by atoms with E-state index in [1.54, 1.807) is 18.3 Å². The second-order valence-corrected chi connectivity index (χ2v) is 8.25. The van der Waals surface area contributed by atoms with Gasteiger partial charge in [-0.15, -0.1) is 0 Å². The Bertz CT molecular complexity index is 1080. The summed E-state index contributed by atoms with van der Waals surface area (Å²) < 4.78 is 7.66. The number of anilines is 1. The number of pyridine rings is 2. The molecule has 1 aliphatic heterocycles. The number of ether oxygens (including phenoxy) is 1. The molecule has 0 bridgehead atoms. The molecule has 0 spiro atoms. The van der Waals surface area contributed by atoms with E-state index in [2.05, 4.69) is 20.4 Å². The van der Waals surface area contributed by atoms with Crippen LogP contribution in [0, 0.1) is 5.92 Å². The SMILES string of the molecule is O=C(Nc1cc2cc(Cl)nc(Cl)c2cn1)C1CC1c1ccn(C2CCCCO2)n1. The van der Waals surface area contributed by atoms with E-state index in [1.165, 1.54) is 0 Å². The Labute approximate surface area is 177 Å². The van der Waals surface area contributed by atoms with Crippen molar-refractivity contribution in [2.24, 2.45) is 5.92 Å². The van der Waals surface area contributed by atoms with Gasteiger partial charge in [-0.05, 0) is 49.3 Å². The third-order valence-corrected chi connectivity index (χ3v) is 5.96. The Morgan fingerprint density at radius 2 is 2.17 bits per heavy atom. The third kappa shape index (κ3) is 3.82. The molecule has 4 heterocycles. The van der Waals surface area contributed by atoms with Crippen LogP contribution in [0.4, 0.5) is 5.82 Å². The summed E-state index contributed by atoms with van der Waals surface area (Å²) in [6.07, 6.45) is 7.57. The van der Waals surface area contributed by atoms with Crippen molar-refractivity contribution in [1.29, 1.82) is 0 Å². The maximum Gasteiger partial charge on any atom is 0.229 e. The number of rotatable bonds is 4. The summed E-state index contributed by atoms with van der Waals surface area (Å²) in [6.45, 7) is 0.777. The molecule has 1 saturated carbocycles. The van der Waals surface area contributed by atoms with Crippen LogP contribution in [0.3, 0.4) is 0 Å². The quantitative estimate of drug-likeness (QED) is 0.611. The lowest BCUT2D eigenvalue weighted by Gasteiger charge is -2.22. The van der Waals surface area contributed by atoms with Crippen LogP contribution in [-0.4, -0.2) is 32.3 Å². The van der Waals surface area contributed by atoms with Crippen molar-refractivity contribution in [1.82, 2.24) is 19.7 Å². The first kappa shape index (κ1) is 18.8. The van der Waals surface area contributed by atoms with Crippen LogP contribution < -0.4 is 5.32 Å². The second kappa shape index (κ2) is 7.55. The Kier molecular flexibility index (Phi) is 4.89. The molecular formula is C20H19Cl2N5O2. The molecule has 1 N–H and O–H groups in total. The molecule has 0 aromatic carbocycles. The van der Waals surface area contributed by atoms with E-state index in [0.29, 0.717) is 16.4 Å². The summed E-state index contributed by atoms with van der Waals surface area (Å²) in [4.78, 5) is 20.9. The van der Waals surface area contributed by atoms with Gasteiger partial charge in [0, 0.05) is 36.2 Å². The number of aromatic nitrogens is 4. The lowest BCUT2D eigenvalue weighted by atomic mass is 10.2. The molecule has 3 aromatic rings. The fraction of sp³-hybridized carbons (Fsp3) is 0.400. The van der Waals surface area contributed by atoms with Gasteiger partial charge < -0.3 is 10.1 Å². The van der Waals surface area contributed by atoms with Crippen molar-refractivity contribution < 1.29 is 9.53 Å². The summed E-state index contributed by atoms with van der Waals surface area (Å²) in [5.41, 5.74) is 0.940. The maximum absolute atomic E-state index is 12.7. The van der Waals surface area contributed by atoms with E-state index >= 15 is 0 Å². The van der Waals surface area contributed by atoms with Gasteiger partial charge >= 0.3 is 0 Å². The van der Waals surface area contributed by atoms with Gasteiger partial charge in [0.2, 0.25) is 5.91 Å². The number of fused-ring (bicyclic) bond motifs is 1. The molecule has 2 fully saturated rings. The van der Waals surface area contributed by atoms with E-state index in [0.717, 1.165) is 43.4 Å². The van der Waals surface area contributed by atoms with Gasteiger partial charge in [0.1, 0.15) is 22.4 Å². The van der Waals surface area contributed by atoms with Gasteiger partial charge in [0.25, 0.3) is 0 Å². The largest absolute Gasteiger partial charge is 0.357 e. The Hall–Kier alpha value is -2.22. The van der Waals surface area contributed by atoms with Gasteiger partial charge in [-0.3, -0.25) is 4.79 Å². The first-order valence-corrected chi connectivity index (χ1v) is 10.4. The van der Waals surface area contributed by atoms with E-state index in [1.807, 2.05) is 16.9 Å². The highest BCUT2D eigenvalue weighted by Gasteiger charge is 2.45. The van der Waals surface area contributed by atoms with E-state index < -0.39 is 0 Å². The molecule has 3 atom stereocenters.